The van der Waals surface area contributed by atoms with Gasteiger partial charge in [0, 0.05) is 6.04 Å². The summed E-state index contributed by atoms with van der Waals surface area (Å²) in [5.41, 5.74) is 8.18. The highest BCUT2D eigenvalue weighted by Gasteiger charge is 2.22. The SMILES string of the molecule is Cc1ccc([C@H](C)N)cc1OCC1CC1. The molecule has 1 aliphatic carbocycles. The second-order valence-corrected chi connectivity index (χ2v) is 4.57. The molecule has 0 spiro atoms. The van der Waals surface area contributed by atoms with Crippen LogP contribution in [-0.4, -0.2) is 6.61 Å². The zero-order valence-corrected chi connectivity index (χ0v) is 9.49. The minimum absolute atomic E-state index is 0.0777. The van der Waals surface area contributed by atoms with Gasteiger partial charge in [0.25, 0.3) is 0 Å². The van der Waals surface area contributed by atoms with Gasteiger partial charge in [0.15, 0.2) is 0 Å². The van der Waals surface area contributed by atoms with E-state index in [1.165, 1.54) is 18.4 Å². The van der Waals surface area contributed by atoms with Gasteiger partial charge in [-0.2, -0.15) is 0 Å². The number of benzene rings is 1. The zero-order valence-electron chi connectivity index (χ0n) is 9.49. The standard InChI is InChI=1S/C13H19NO/c1-9-3-6-12(10(2)14)7-13(9)15-8-11-4-5-11/h3,6-7,10-11H,4-5,8,14H2,1-2H3/t10-/m0/s1. The van der Waals surface area contributed by atoms with Gasteiger partial charge in [-0.05, 0) is 49.8 Å². The van der Waals surface area contributed by atoms with Gasteiger partial charge in [-0.1, -0.05) is 12.1 Å². The lowest BCUT2D eigenvalue weighted by Crippen LogP contribution is -2.06. The zero-order chi connectivity index (χ0) is 10.8. The number of nitrogens with two attached hydrogens (primary N) is 1. The van der Waals surface area contributed by atoms with Crippen molar-refractivity contribution >= 4 is 0 Å². The van der Waals surface area contributed by atoms with Gasteiger partial charge in [0.05, 0.1) is 6.61 Å². The molecule has 0 amide bonds. The summed E-state index contributed by atoms with van der Waals surface area (Å²) in [6.45, 7) is 4.94. The summed E-state index contributed by atoms with van der Waals surface area (Å²) in [5.74, 6) is 1.79. The van der Waals surface area contributed by atoms with Crippen LogP contribution in [0.3, 0.4) is 0 Å². The van der Waals surface area contributed by atoms with Crippen molar-refractivity contribution in [3.8, 4) is 5.75 Å². The molecule has 1 fully saturated rings. The van der Waals surface area contributed by atoms with Crippen LogP contribution >= 0.6 is 0 Å². The predicted molar refractivity (Wildman–Crippen MR) is 62.0 cm³/mol. The fraction of sp³-hybridized carbons (Fsp3) is 0.538. The van der Waals surface area contributed by atoms with Crippen LogP contribution < -0.4 is 10.5 Å². The summed E-state index contributed by atoms with van der Waals surface area (Å²) in [5, 5.41) is 0. The van der Waals surface area contributed by atoms with Crippen molar-refractivity contribution in [3.05, 3.63) is 29.3 Å². The molecule has 1 aliphatic rings. The van der Waals surface area contributed by atoms with Crippen LogP contribution in [0.5, 0.6) is 5.75 Å². The molecule has 1 aromatic rings. The van der Waals surface area contributed by atoms with Gasteiger partial charge in [0.2, 0.25) is 0 Å². The quantitative estimate of drug-likeness (QED) is 0.820. The highest BCUT2D eigenvalue weighted by Crippen LogP contribution is 2.30. The Kier molecular flexibility index (Phi) is 2.96. The van der Waals surface area contributed by atoms with E-state index in [2.05, 4.69) is 25.1 Å². The smallest absolute Gasteiger partial charge is 0.122 e. The van der Waals surface area contributed by atoms with Crippen LogP contribution in [0.2, 0.25) is 0 Å². The van der Waals surface area contributed by atoms with Gasteiger partial charge >= 0.3 is 0 Å². The van der Waals surface area contributed by atoms with Crippen molar-refractivity contribution in [1.82, 2.24) is 0 Å². The highest BCUT2D eigenvalue weighted by atomic mass is 16.5. The van der Waals surface area contributed by atoms with Crippen molar-refractivity contribution in [1.29, 1.82) is 0 Å². The van der Waals surface area contributed by atoms with Crippen LogP contribution in [0, 0.1) is 12.8 Å². The average Bonchev–Trinajstić information content (AvgIpc) is 3.00. The van der Waals surface area contributed by atoms with Gasteiger partial charge in [-0.3, -0.25) is 0 Å². The topological polar surface area (TPSA) is 35.2 Å². The van der Waals surface area contributed by atoms with Crippen LogP contribution in [0.15, 0.2) is 18.2 Å². The average molecular weight is 205 g/mol. The van der Waals surface area contributed by atoms with E-state index in [1.807, 2.05) is 6.92 Å². The van der Waals surface area contributed by atoms with E-state index in [4.69, 9.17) is 10.5 Å². The molecule has 1 atom stereocenters. The third-order valence-electron chi connectivity index (χ3n) is 2.91. The monoisotopic (exact) mass is 205 g/mol. The lowest BCUT2D eigenvalue weighted by atomic mass is 10.1. The van der Waals surface area contributed by atoms with Crippen LogP contribution in [0.25, 0.3) is 0 Å². The Balaban J connectivity index is 2.08. The normalized spacial score (nSPS) is 17.5. The second kappa shape index (κ2) is 4.23. The molecule has 0 unspecified atom stereocenters. The summed E-state index contributed by atoms with van der Waals surface area (Å²) < 4.78 is 5.80. The molecule has 1 aromatic carbocycles. The van der Waals surface area contributed by atoms with E-state index in [0.717, 1.165) is 23.8 Å². The number of ether oxygens (including phenoxy) is 1. The van der Waals surface area contributed by atoms with Gasteiger partial charge in [-0.15, -0.1) is 0 Å². The van der Waals surface area contributed by atoms with Crippen molar-refractivity contribution in [2.75, 3.05) is 6.61 Å². The first-order chi connectivity index (χ1) is 7.16. The maximum atomic E-state index is 5.85. The Bertz CT molecular complexity index is 342. The van der Waals surface area contributed by atoms with Gasteiger partial charge in [-0.25, -0.2) is 0 Å². The van der Waals surface area contributed by atoms with Gasteiger partial charge in [0.1, 0.15) is 5.75 Å². The van der Waals surface area contributed by atoms with E-state index < -0.39 is 0 Å². The maximum Gasteiger partial charge on any atom is 0.122 e. The highest BCUT2D eigenvalue weighted by molar-refractivity contribution is 5.37. The van der Waals surface area contributed by atoms with Crippen molar-refractivity contribution in [2.45, 2.75) is 32.7 Å². The molecule has 1 saturated carbocycles. The minimum atomic E-state index is 0.0777. The minimum Gasteiger partial charge on any atom is -0.493 e. The first kappa shape index (κ1) is 10.5. The Morgan fingerprint density at radius 1 is 1.47 bits per heavy atom. The molecule has 2 rings (SSSR count). The summed E-state index contributed by atoms with van der Waals surface area (Å²) in [6, 6.07) is 6.31. The lowest BCUT2D eigenvalue weighted by Gasteiger charge is -2.12. The first-order valence-corrected chi connectivity index (χ1v) is 5.65. The molecule has 0 heterocycles. The van der Waals surface area contributed by atoms with Crippen LogP contribution in [0.1, 0.15) is 36.9 Å². The largest absolute Gasteiger partial charge is 0.493 e. The Hall–Kier alpha value is -1.02. The van der Waals surface area contributed by atoms with Crippen molar-refractivity contribution < 1.29 is 4.74 Å². The maximum absolute atomic E-state index is 5.85. The molecule has 0 bridgehead atoms. The Labute approximate surface area is 91.4 Å². The molecule has 82 valence electrons. The first-order valence-electron chi connectivity index (χ1n) is 5.65. The Morgan fingerprint density at radius 3 is 2.80 bits per heavy atom. The summed E-state index contributed by atoms with van der Waals surface area (Å²) in [6.07, 6.45) is 2.65. The molecule has 2 heteroatoms. The number of rotatable bonds is 4. The van der Waals surface area contributed by atoms with Crippen LogP contribution in [0.4, 0.5) is 0 Å². The molecule has 2 N–H and O–H groups in total. The predicted octanol–water partition coefficient (Wildman–Crippen LogP) is 2.80. The van der Waals surface area contributed by atoms with E-state index in [1.54, 1.807) is 0 Å². The lowest BCUT2D eigenvalue weighted by molar-refractivity contribution is 0.297. The third-order valence-corrected chi connectivity index (χ3v) is 2.91. The van der Waals surface area contributed by atoms with Gasteiger partial charge < -0.3 is 10.5 Å². The summed E-state index contributed by atoms with van der Waals surface area (Å²) >= 11 is 0. The molecular formula is C13H19NO. The number of hydrogen-bond acceptors (Lipinski definition) is 2. The molecule has 0 aromatic heterocycles. The fourth-order valence-electron chi connectivity index (χ4n) is 1.55. The van der Waals surface area contributed by atoms with E-state index >= 15 is 0 Å². The van der Waals surface area contributed by atoms with E-state index in [9.17, 15) is 0 Å². The number of hydrogen-bond donors (Lipinski definition) is 1. The van der Waals surface area contributed by atoms with E-state index in [-0.39, 0.29) is 6.04 Å². The second-order valence-electron chi connectivity index (χ2n) is 4.57. The molecule has 0 aliphatic heterocycles. The molecule has 15 heavy (non-hydrogen) atoms. The third kappa shape index (κ3) is 2.72. The number of aryl methyl sites for hydroxylation is 1. The molecular weight excluding hydrogens is 186 g/mol. The Morgan fingerprint density at radius 2 is 2.20 bits per heavy atom. The fourth-order valence-corrected chi connectivity index (χ4v) is 1.55. The van der Waals surface area contributed by atoms with E-state index in [0.29, 0.717) is 0 Å². The van der Waals surface area contributed by atoms with Crippen molar-refractivity contribution in [3.63, 3.8) is 0 Å². The van der Waals surface area contributed by atoms with Crippen molar-refractivity contribution in [2.24, 2.45) is 11.7 Å². The summed E-state index contributed by atoms with van der Waals surface area (Å²) in [4.78, 5) is 0. The molecule has 0 saturated heterocycles. The van der Waals surface area contributed by atoms with Crippen LogP contribution in [-0.2, 0) is 0 Å². The molecule has 2 nitrogen and oxygen atoms in total. The molecule has 0 radical (unpaired) electrons. The summed E-state index contributed by atoms with van der Waals surface area (Å²) in [7, 11) is 0.